The van der Waals surface area contributed by atoms with Gasteiger partial charge in [0.15, 0.2) is 0 Å². The smallest absolute Gasteiger partial charge is 0.316 e. The molecule has 2 amide bonds. The Morgan fingerprint density at radius 2 is 2.19 bits per heavy atom. The molecule has 7 nitrogen and oxygen atoms in total. The number of benzene rings is 1. The lowest BCUT2D eigenvalue weighted by Gasteiger charge is -2.34. The standard InChI is InChI=1S/C19H24N6O/c1-23(2)19(26)21-9-7-17-13-24(14-18-8-10-22-25(17)18)12-16-6-4-3-5-15(16)11-20/h3-6,8,10,17H,7,9,12-14H2,1-2H3,(H,21,26). The summed E-state index contributed by atoms with van der Waals surface area (Å²) < 4.78 is 2.06. The molecule has 0 fully saturated rings. The van der Waals surface area contributed by atoms with Crippen LogP contribution in [0.4, 0.5) is 4.79 Å². The summed E-state index contributed by atoms with van der Waals surface area (Å²) in [7, 11) is 3.46. The van der Waals surface area contributed by atoms with E-state index in [-0.39, 0.29) is 12.1 Å². The lowest BCUT2D eigenvalue weighted by molar-refractivity contribution is 0.160. The highest BCUT2D eigenvalue weighted by Gasteiger charge is 2.25. The van der Waals surface area contributed by atoms with Gasteiger partial charge in [-0.05, 0) is 24.1 Å². The highest BCUT2D eigenvalue weighted by molar-refractivity contribution is 5.73. The molecule has 1 aliphatic heterocycles. The number of rotatable bonds is 5. The number of hydrogen-bond donors (Lipinski definition) is 1. The molecule has 7 heteroatoms. The highest BCUT2D eigenvalue weighted by Crippen LogP contribution is 2.24. The number of nitrogens with zero attached hydrogens (tertiary/aromatic N) is 5. The summed E-state index contributed by atoms with van der Waals surface area (Å²) in [6.07, 6.45) is 2.64. The van der Waals surface area contributed by atoms with E-state index in [9.17, 15) is 10.1 Å². The van der Waals surface area contributed by atoms with Crippen molar-refractivity contribution in [2.75, 3.05) is 27.2 Å². The molecule has 1 N–H and O–H groups in total. The quantitative estimate of drug-likeness (QED) is 0.892. The van der Waals surface area contributed by atoms with Gasteiger partial charge in [0.05, 0.1) is 23.4 Å². The van der Waals surface area contributed by atoms with E-state index in [2.05, 4.69) is 26.1 Å². The fraction of sp³-hybridized carbons (Fsp3) is 0.421. The Balaban J connectivity index is 1.67. The predicted octanol–water partition coefficient (Wildman–Crippen LogP) is 1.97. The molecule has 0 bridgehead atoms. The number of urea groups is 1. The van der Waals surface area contributed by atoms with E-state index in [0.717, 1.165) is 42.9 Å². The van der Waals surface area contributed by atoms with Crippen LogP contribution < -0.4 is 5.32 Å². The Kier molecular flexibility index (Phi) is 5.54. The van der Waals surface area contributed by atoms with E-state index in [0.29, 0.717) is 6.54 Å². The summed E-state index contributed by atoms with van der Waals surface area (Å²) in [6, 6.07) is 12.2. The van der Waals surface area contributed by atoms with Gasteiger partial charge in [0.2, 0.25) is 0 Å². The molecule has 1 unspecified atom stereocenters. The maximum Gasteiger partial charge on any atom is 0.316 e. The summed E-state index contributed by atoms with van der Waals surface area (Å²) >= 11 is 0. The fourth-order valence-electron chi connectivity index (χ4n) is 3.31. The van der Waals surface area contributed by atoms with E-state index in [4.69, 9.17) is 0 Å². The van der Waals surface area contributed by atoms with Crippen LogP contribution in [0, 0.1) is 11.3 Å². The maximum atomic E-state index is 11.7. The van der Waals surface area contributed by atoms with Crippen molar-refractivity contribution in [3.05, 3.63) is 53.3 Å². The van der Waals surface area contributed by atoms with Crippen LogP contribution in [0.3, 0.4) is 0 Å². The van der Waals surface area contributed by atoms with Gasteiger partial charge in [0.25, 0.3) is 0 Å². The molecule has 1 aromatic carbocycles. The van der Waals surface area contributed by atoms with E-state index in [1.807, 2.05) is 36.5 Å². The monoisotopic (exact) mass is 352 g/mol. The van der Waals surface area contributed by atoms with Crippen LogP contribution in [0.1, 0.15) is 29.3 Å². The van der Waals surface area contributed by atoms with E-state index in [1.165, 1.54) is 4.90 Å². The van der Waals surface area contributed by atoms with Crippen LogP contribution in [-0.4, -0.2) is 52.8 Å². The van der Waals surface area contributed by atoms with Crippen molar-refractivity contribution in [1.82, 2.24) is 24.9 Å². The molecular formula is C19H24N6O. The number of fused-ring (bicyclic) bond motifs is 1. The van der Waals surface area contributed by atoms with Gasteiger partial charge in [-0.1, -0.05) is 18.2 Å². The average Bonchev–Trinajstić information content (AvgIpc) is 3.10. The summed E-state index contributed by atoms with van der Waals surface area (Å²) in [4.78, 5) is 15.6. The van der Waals surface area contributed by atoms with Gasteiger partial charge in [-0.15, -0.1) is 0 Å². The highest BCUT2D eigenvalue weighted by atomic mass is 16.2. The molecule has 0 spiro atoms. The maximum absolute atomic E-state index is 11.7. The number of aromatic nitrogens is 2. The number of hydrogen-bond acceptors (Lipinski definition) is 4. The Labute approximate surface area is 153 Å². The van der Waals surface area contributed by atoms with Crippen molar-refractivity contribution >= 4 is 6.03 Å². The van der Waals surface area contributed by atoms with Gasteiger partial charge in [-0.3, -0.25) is 9.58 Å². The fourth-order valence-corrected chi connectivity index (χ4v) is 3.31. The third-order valence-electron chi connectivity index (χ3n) is 4.64. The van der Waals surface area contributed by atoms with Crippen molar-refractivity contribution in [2.24, 2.45) is 0 Å². The predicted molar refractivity (Wildman–Crippen MR) is 98.2 cm³/mol. The Morgan fingerprint density at radius 3 is 2.96 bits per heavy atom. The molecule has 136 valence electrons. The van der Waals surface area contributed by atoms with E-state index < -0.39 is 0 Å². The Hall–Kier alpha value is -2.85. The summed E-state index contributed by atoms with van der Waals surface area (Å²) in [5, 5.41) is 16.7. The molecule has 1 aliphatic rings. The third kappa shape index (κ3) is 4.03. The molecule has 26 heavy (non-hydrogen) atoms. The van der Waals surface area contributed by atoms with Gasteiger partial charge in [0, 0.05) is 46.5 Å². The average molecular weight is 352 g/mol. The first kappa shape index (κ1) is 18.0. The zero-order valence-electron chi connectivity index (χ0n) is 15.2. The largest absolute Gasteiger partial charge is 0.338 e. The minimum absolute atomic E-state index is 0.0821. The van der Waals surface area contributed by atoms with E-state index in [1.54, 1.807) is 14.1 Å². The molecule has 3 rings (SSSR count). The van der Waals surface area contributed by atoms with Crippen LogP contribution in [0.15, 0.2) is 36.5 Å². The second-order valence-corrected chi connectivity index (χ2v) is 6.77. The number of carbonyl (C=O) groups is 1. The molecule has 0 saturated carbocycles. The number of amides is 2. The number of nitriles is 1. The zero-order valence-corrected chi connectivity index (χ0v) is 15.2. The third-order valence-corrected chi connectivity index (χ3v) is 4.64. The summed E-state index contributed by atoms with van der Waals surface area (Å²) in [6.45, 7) is 2.98. The lowest BCUT2D eigenvalue weighted by Crippen LogP contribution is -2.40. The number of carbonyl (C=O) groups excluding carboxylic acids is 1. The Bertz CT molecular complexity index is 806. The normalized spacial score (nSPS) is 16.6. The minimum atomic E-state index is -0.0821. The number of nitrogens with one attached hydrogen (secondary N) is 1. The molecule has 0 radical (unpaired) electrons. The minimum Gasteiger partial charge on any atom is -0.338 e. The lowest BCUT2D eigenvalue weighted by atomic mass is 10.1. The second-order valence-electron chi connectivity index (χ2n) is 6.77. The molecule has 1 aromatic heterocycles. The van der Waals surface area contributed by atoms with Crippen LogP contribution in [-0.2, 0) is 13.1 Å². The van der Waals surface area contributed by atoms with Crippen molar-refractivity contribution in [1.29, 1.82) is 5.26 Å². The van der Waals surface area contributed by atoms with Crippen molar-refractivity contribution in [2.45, 2.75) is 25.6 Å². The molecule has 0 saturated heterocycles. The van der Waals surface area contributed by atoms with Crippen molar-refractivity contribution in [3.63, 3.8) is 0 Å². The SMILES string of the molecule is CN(C)C(=O)NCCC1CN(Cc2ccccc2C#N)Cc2ccnn21. The van der Waals surface area contributed by atoms with Crippen LogP contribution >= 0.6 is 0 Å². The summed E-state index contributed by atoms with van der Waals surface area (Å²) in [5.41, 5.74) is 2.93. The van der Waals surface area contributed by atoms with Gasteiger partial charge in [-0.25, -0.2) is 4.79 Å². The van der Waals surface area contributed by atoms with Crippen LogP contribution in [0.5, 0.6) is 0 Å². The second kappa shape index (κ2) is 8.02. The molecule has 2 aromatic rings. The van der Waals surface area contributed by atoms with Gasteiger partial charge in [0.1, 0.15) is 0 Å². The first-order valence-corrected chi connectivity index (χ1v) is 8.76. The van der Waals surface area contributed by atoms with E-state index >= 15 is 0 Å². The van der Waals surface area contributed by atoms with Crippen LogP contribution in [0.25, 0.3) is 0 Å². The van der Waals surface area contributed by atoms with Gasteiger partial charge < -0.3 is 10.2 Å². The first-order chi connectivity index (χ1) is 12.6. The molecule has 1 atom stereocenters. The van der Waals surface area contributed by atoms with Crippen molar-refractivity contribution in [3.8, 4) is 6.07 Å². The summed E-state index contributed by atoms with van der Waals surface area (Å²) in [5.74, 6) is 0. The topological polar surface area (TPSA) is 77.2 Å². The van der Waals surface area contributed by atoms with Gasteiger partial charge in [-0.2, -0.15) is 10.4 Å². The van der Waals surface area contributed by atoms with Gasteiger partial charge >= 0.3 is 6.03 Å². The van der Waals surface area contributed by atoms with Crippen molar-refractivity contribution < 1.29 is 4.79 Å². The molecular weight excluding hydrogens is 328 g/mol. The van der Waals surface area contributed by atoms with Crippen LogP contribution in [0.2, 0.25) is 0 Å². The Morgan fingerprint density at radius 1 is 1.38 bits per heavy atom. The molecule has 2 heterocycles. The zero-order chi connectivity index (χ0) is 18.5. The molecule has 0 aliphatic carbocycles. The first-order valence-electron chi connectivity index (χ1n) is 8.76.